The Morgan fingerprint density at radius 3 is 2.62 bits per heavy atom. The minimum atomic E-state index is -0.889. The molecular weight excluding hydrogens is 406 g/mol. The van der Waals surface area contributed by atoms with Gasteiger partial charge in [0.05, 0.1) is 35.2 Å². The second kappa shape index (κ2) is 7.78. The Kier molecular flexibility index (Phi) is 5.24. The number of carboxylic acid groups (broad SMARTS) is 1. The van der Waals surface area contributed by atoms with Crippen molar-refractivity contribution in [1.29, 1.82) is 0 Å². The summed E-state index contributed by atoms with van der Waals surface area (Å²) in [5, 5.41) is 20.5. The van der Waals surface area contributed by atoms with Crippen LogP contribution in [0, 0.1) is 12.3 Å². The van der Waals surface area contributed by atoms with Crippen molar-refractivity contribution in [2.45, 2.75) is 40.2 Å². The van der Waals surface area contributed by atoms with Gasteiger partial charge in [0.25, 0.3) is 5.91 Å². The van der Waals surface area contributed by atoms with Gasteiger partial charge in [-0.05, 0) is 48.2 Å². The molecule has 0 aliphatic heterocycles. The molecule has 0 aliphatic rings. The zero-order valence-corrected chi connectivity index (χ0v) is 18.9. The fraction of sp³-hybridized carbons (Fsp3) is 0.333. The van der Waals surface area contributed by atoms with Crippen molar-refractivity contribution >= 4 is 33.8 Å². The molecule has 0 aliphatic carbocycles. The van der Waals surface area contributed by atoms with E-state index >= 15 is 0 Å². The standard InChI is InChI=1S/C24H27N5O3/c1-13-8-15(9-18-16(13)12-26-28-18)22-27-17-7-6-14(23(32)25-5)10-19(17)29(22)20(11-21(30)31)24(2,3)4/h6-10,12,20H,11H2,1-5H3,(H,25,32)(H,26,28)(H,30,31)/t20-/m0/s1. The maximum atomic E-state index is 12.3. The molecule has 32 heavy (non-hydrogen) atoms. The minimum absolute atomic E-state index is 0.0720. The van der Waals surface area contributed by atoms with Crippen LogP contribution < -0.4 is 5.32 Å². The second-order valence-corrected chi connectivity index (χ2v) is 9.19. The molecule has 8 nitrogen and oxygen atoms in total. The van der Waals surface area contributed by atoms with Gasteiger partial charge >= 0.3 is 5.97 Å². The molecule has 0 saturated heterocycles. The SMILES string of the molecule is CNC(=O)c1ccc2nc(-c3cc(C)c4cn[nH]c4c3)n([C@@H](CC(=O)O)C(C)(C)C)c2c1. The first-order valence-electron chi connectivity index (χ1n) is 10.5. The smallest absolute Gasteiger partial charge is 0.305 e. The molecule has 166 valence electrons. The fourth-order valence-electron chi connectivity index (χ4n) is 4.21. The molecule has 0 spiro atoms. The third-order valence-electron chi connectivity index (χ3n) is 5.88. The number of rotatable bonds is 5. The first-order valence-corrected chi connectivity index (χ1v) is 10.5. The van der Waals surface area contributed by atoms with E-state index < -0.39 is 12.0 Å². The number of nitrogens with zero attached hydrogens (tertiary/aromatic N) is 3. The molecule has 0 radical (unpaired) electrons. The van der Waals surface area contributed by atoms with Crippen molar-refractivity contribution < 1.29 is 14.7 Å². The molecule has 0 fully saturated rings. The number of carbonyl (C=O) groups is 2. The van der Waals surface area contributed by atoms with Gasteiger partial charge in [0, 0.05) is 23.6 Å². The topological polar surface area (TPSA) is 113 Å². The number of aryl methyl sites for hydroxylation is 1. The van der Waals surface area contributed by atoms with Crippen molar-refractivity contribution in [1.82, 2.24) is 25.1 Å². The average molecular weight is 434 g/mol. The Labute approximate surface area is 185 Å². The number of carbonyl (C=O) groups excluding carboxylic acids is 1. The van der Waals surface area contributed by atoms with Crippen LogP contribution in [0.25, 0.3) is 33.3 Å². The number of H-pyrrole nitrogens is 1. The zero-order valence-electron chi connectivity index (χ0n) is 18.9. The lowest BCUT2D eigenvalue weighted by Gasteiger charge is -2.32. The first kappa shape index (κ1) is 21.5. The molecule has 0 bridgehead atoms. The van der Waals surface area contributed by atoms with Crippen LogP contribution >= 0.6 is 0 Å². The highest BCUT2D eigenvalue weighted by molar-refractivity contribution is 5.98. The highest BCUT2D eigenvalue weighted by atomic mass is 16.4. The van der Waals surface area contributed by atoms with E-state index in [-0.39, 0.29) is 17.7 Å². The predicted octanol–water partition coefficient (Wildman–Crippen LogP) is 4.31. The molecule has 8 heteroatoms. The molecule has 0 saturated carbocycles. The number of aromatic amines is 1. The Morgan fingerprint density at radius 2 is 1.97 bits per heavy atom. The molecule has 2 aromatic heterocycles. The second-order valence-electron chi connectivity index (χ2n) is 9.19. The molecule has 0 unspecified atom stereocenters. The normalized spacial score (nSPS) is 12.9. The third-order valence-corrected chi connectivity index (χ3v) is 5.88. The zero-order chi connectivity index (χ0) is 23.2. The molecule has 3 N–H and O–H groups in total. The van der Waals surface area contributed by atoms with Crippen molar-refractivity contribution in [3.63, 3.8) is 0 Å². The highest BCUT2D eigenvalue weighted by Crippen LogP contribution is 2.40. The van der Waals surface area contributed by atoms with Crippen LogP contribution in [0.1, 0.15) is 49.2 Å². The molecule has 1 atom stereocenters. The molecular formula is C24H27N5O3. The van der Waals surface area contributed by atoms with Gasteiger partial charge in [0.1, 0.15) is 5.82 Å². The minimum Gasteiger partial charge on any atom is -0.481 e. The lowest BCUT2D eigenvalue weighted by atomic mass is 9.84. The van der Waals surface area contributed by atoms with Crippen LogP contribution in [0.3, 0.4) is 0 Å². The Bertz CT molecular complexity index is 1340. The number of aromatic nitrogens is 4. The number of aliphatic carboxylic acids is 1. The fourth-order valence-corrected chi connectivity index (χ4v) is 4.21. The third kappa shape index (κ3) is 3.72. The molecule has 2 aromatic carbocycles. The Morgan fingerprint density at radius 1 is 1.22 bits per heavy atom. The Balaban J connectivity index is 2.05. The first-order chi connectivity index (χ1) is 15.1. The number of fused-ring (bicyclic) bond motifs is 2. The summed E-state index contributed by atoms with van der Waals surface area (Å²) in [7, 11) is 1.58. The van der Waals surface area contributed by atoms with Crippen molar-refractivity contribution in [2.75, 3.05) is 7.05 Å². The van der Waals surface area contributed by atoms with E-state index in [1.54, 1.807) is 25.4 Å². The number of nitrogens with one attached hydrogen (secondary N) is 2. The summed E-state index contributed by atoms with van der Waals surface area (Å²) >= 11 is 0. The summed E-state index contributed by atoms with van der Waals surface area (Å²) in [6, 6.07) is 8.95. The van der Waals surface area contributed by atoms with Gasteiger partial charge in [-0.15, -0.1) is 0 Å². The summed E-state index contributed by atoms with van der Waals surface area (Å²) in [6.07, 6.45) is 1.72. The van der Waals surface area contributed by atoms with Gasteiger partial charge < -0.3 is 15.0 Å². The van der Waals surface area contributed by atoms with Crippen molar-refractivity contribution in [3.8, 4) is 11.4 Å². The van der Waals surface area contributed by atoms with Crippen molar-refractivity contribution in [3.05, 3.63) is 47.7 Å². The molecule has 1 amide bonds. The van der Waals surface area contributed by atoms with E-state index in [0.717, 1.165) is 27.5 Å². The van der Waals surface area contributed by atoms with Gasteiger partial charge in [-0.3, -0.25) is 14.7 Å². The lowest BCUT2D eigenvalue weighted by molar-refractivity contribution is -0.138. The van der Waals surface area contributed by atoms with E-state index in [0.29, 0.717) is 16.9 Å². The molecule has 4 rings (SSSR count). The van der Waals surface area contributed by atoms with E-state index in [1.165, 1.54) is 0 Å². The number of imidazole rings is 1. The Hall–Kier alpha value is -3.68. The summed E-state index contributed by atoms with van der Waals surface area (Å²) in [5.74, 6) is -0.434. The van der Waals surface area contributed by atoms with Crippen LogP contribution in [-0.2, 0) is 4.79 Å². The monoisotopic (exact) mass is 433 g/mol. The number of benzene rings is 2. The van der Waals surface area contributed by atoms with Gasteiger partial charge in [-0.1, -0.05) is 20.8 Å². The lowest BCUT2D eigenvalue weighted by Crippen LogP contribution is -2.27. The number of amides is 1. The van der Waals surface area contributed by atoms with E-state index in [1.807, 2.05) is 50.5 Å². The van der Waals surface area contributed by atoms with Crippen molar-refractivity contribution in [2.24, 2.45) is 5.41 Å². The van der Waals surface area contributed by atoms with E-state index in [4.69, 9.17) is 4.98 Å². The van der Waals surface area contributed by atoms with Gasteiger partial charge in [0.15, 0.2) is 0 Å². The number of hydrogen-bond acceptors (Lipinski definition) is 4. The molecule has 4 aromatic rings. The average Bonchev–Trinajstić information content (AvgIpc) is 3.34. The largest absolute Gasteiger partial charge is 0.481 e. The van der Waals surface area contributed by atoms with Crippen LogP contribution in [0.4, 0.5) is 0 Å². The van der Waals surface area contributed by atoms with Gasteiger partial charge in [-0.25, -0.2) is 4.98 Å². The summed E-state index contributed by atoms with van der Waals surface area (Å²) < 4.78 is 1.98. The van der Waals surface area contributed by atoms with Crippen LogP contribution in [0.5, 0.6) is 0 Å². The summed E-state index contributed by atoms with van der Waals surface area (Å²) in [4.78, 5) is 29.0. The summed E-state index contributed by atoms with van der Waals surface area (Å²) in [6.45, 7) is 8.06. The van der Waals surface area contributed by atoms with Crippen LogP contribution in [-0.4, -0.2) is 43.8 Å². The summed E-state index contributed by atoms with van der Waals surface area (Å²) in [5.41, 5.74) is 4.33. The maximum absolute atomic E-state index is 12.3. The van der Waals surface area contributed by atoms with E-state index in [9.17, 15) is 14.7 Å². The van der Waals surface area contributed by atoms with Gasteiger partial charge in [0.2, 0.25) is 0 Å². The quantitative estimate of drug-likeness (QED) is 0.434. The van der Waals surface area contributed by atoms with Crippen LogP contribution in [0.15, 0.2) is 36.5 Å². The van der Waals surface area contributed by atoms with Crippen LogP contribution in [0.2, 0.25) is 0 Å². The van der Waals surface area contributed by atoms with Gasteiger partial charge in [-0.2, -0.15) is 5.10 Å². The van der Waals surface area contributed by atoms with E-state index in [2.05, 4.69) is 15.5 Å². The maximum Gasteiger partial charge on any atom is 0.305 e. The highest BCUT2D eigenvalue weighted by Gasteiger charge is 2.32. The number of carboxylic acids is 1. The molecule has 2 heterocycles. The predicted molar refractivity (Wildman–Crippen MR) is 124 cm³/mol. The number of hydrogen-bond donors (Lipinski definition) is 3.